The molecule has 0 radical (unpaired) electrons. The molecule has 2 fully saturated rings. The van der Waals surface area contributed by atoms with E-state index in [0.717, 1.165) is 38.0 Å². The number of hydrazine groups is 1. The molecule has 0 heterocycles. The van der Waals surface area contributed by atoms with Gasteiger partial charge in [0.2, 0.25) is 0 Å². The molecule has 0 aliphatic heterocycles. The second-order valence-electron chi connectivity index (χ2n) is 6.98. The number of hydrogen-bond acceptors (Lipinski definition) is 2. The van der Waals surface area contributed by atoms with E-state index >= 15 is 0 Å². The lowest BCUT2D eigenvalue weighted by Crippen LogP contribution is -2.52. The van der Waals surface area contributed by atoms with Crippen LogP contribution in [0.25, 0.3) is 0 Å². The predicted octanol–water partition coefficient (Wildman–Crippen LogP) is 4.40. The Bertz CT molecular complexity index is 311. The third-order valence-electron chi connectivity index (χ3n) is 5.87. The molecule has 3 unspecified atom stereocenters. The minimum absolute atomic E-state index is 0.172. The van der Waals surface area contributed by atoms with Gasteiger partial charge in [-0.05, 0) is 43.4 Å². The molecule has 3 atom stereocenters. The van der Waals surface area contributed by atoms with Gasteiger partial charge in [0.1, 0.15) is 0 Å². The molecule has 0 aromatic carbocycles. The van der Waals surface area contributed by atoms with Gasteiger partial charge in [0, 0.05) is 6.04 Å². The second kappa shape index (κ2) is 7.32. The maximum Gasteiger partial charge on any atom is 0.392 e. The fourth-order valence-electron chi connectivity index (χ4n) is 4.56. The number of alkyl halides is 3. The number of hydrogen-bond donors (Lipinski definition) is 2. The van der Waals surface area contributed by atoms with Crippen LogP contribution in [-0.2, 0) is 0 Å². The van der Waals surface area contributed by atoms with Crippen LogP contribution in [0.5, 0.6) is 0 Å². The average molecular weight is 306 g/mol. The summed E-state index contributed by atoms with van der Waals surface area (Å²) in [5.74, 6) is 5.24. The van der Waals surface area contributed by atoms with Crippen LogP contribution in [0.15, 0.2) is 0 Å². The second-order valence-corrected chi connectivity index (χ2v) is 6.98. The fourth-order valence-corrected chi connectivity index (χ4v) is 4.56. The first-order valence-corrected chi connectivity index (χ1v) is 8.50. The van der Waals surface area contributed by atoms with Gasteiger partial charge in [0.25, 0.3) is 0 Å². The summed E-state index contributed by atoms with van der Waals surface area (Å²) in [4.78, 5) is 0. The summed E-state index contributed by atoms with van der Waals surface area (Å²) in [6, 6.07) is -0.172. The van der Waals surface area contributed by atoms with Crippen LogP contribution >= 0.6 is 0 Å². The lowest BCUT2D eigenvalue weighted by atomic mass is 9.67. The monoisotopic (exact) mass is 306 g/mol. The van der Waals surface area contributed by atoms with Crippen molar-refractivity contribution in [3.05, 3.63) is 0 Å². The van der Waals surface area contributed by atoms with E-state index in [1.807, 2.05) is 0 Å². The molecule has 0 aromatic rings. The highest BCUT2D eigenvalue weighted by Gasteiger charge is 2.49. The van der Waals surface area contributed by atoms with Crippen molar-refractivity contribution in [2.75, 3.05) is 0 Å². The van der Waals surface area contributed by atoms with Crippen molar-refractivity contribution >= 4 is 0 Å². The fraction of sp³-hybridized carbons (Fsp3) is 1.00. The third-order valence-corrected chi connectivity index (χ3v) is 5.87. The first-order valence-electron chi connectivity index (χ1n) is 8.50. The first-order chi connectivity index (χ1) is 9.97. The number of nitrogens with two attached hydrogens (primary N) is 1. The zero-order valence-corrected chi connectivity index (χ0v) is 13.0. The van der Waals surface area contributed by atoms with E-state index in [-0.39, 0.29) is 18.4 Å². The molecule has 2 rings (SSSR count). The zero-order chi connectivity index (χ0) is 15.5. The Morgan fingerprint density at radius 1 is 1.05 bits per heavy atom. The van der Waals surface area contributed by atoms with E-state index in [1.165, 1.54) is 6.42 Å². The van der Waals surface area contributed by atoms with Gasteiger partial charge < -0.3 is 0 Å². The van der Waals surface area contributed by atoms with E-state index in [0.29, 0.717) is 18.8 Å². The first kappa shape index (κ1) is 17.1. The number of halogens is 3. The van der Waals surface area contributed by atoms with Crippen molar-refractivity contribution in [2.24, 2.45) is 29.5 Å². The Balaban J connectivity index is 2.04. The standard InChI is InChI=1S/C16H29F3N2/c1-2-11-7-9-12(10-8-11)15(21-20)13-5-3-4-6-14(13)16(17,18)19/h11-15,21H,2-10,20H2,1H3. The van der Waals surface area contributed by atoms with E-state index in [4.69, 9.17) is 5.84 Å². The topological polar surface area (TPSA) is 38.0 Å². The molecule has 21 heavy (non-hydrogen) atoms. The summed E-state index contributed by atoms with van der Waals surface area (Å²) in [6.45, 7) is 2.20. The van der Waals surface area contributed by atoms with E-state index in [2.05, 4.69) is 12.3 Å². The van der Waals surface area contributed by atoms with Crippen LogP contribution < -0.4 is 11.3 Å². The molecule has 124 valence electrons. The molecule has 5 heteroatoms. The van der Waals surface area contributed by atoms with E-state index < -0.39 is 12.1 Å². The van der Waals surface area contributed by atoms with Crippen molar-refractivity contribution in [2.45, 2.75) is 76.9 Å². The molecular formula is C16H29F3N2. The Kier molecular flexibility index (Phi) is 5.95. The van der Waals surface area contributed by atoms with Gasteiger partial charge in [-0.3, -0.25) is 11.3 Å². The third kappa shape index (κ3) is 4.13. The zero-order valence-electron chi connectivity index (χ0n) is 13.0. The highest BCUT2D eigenvalue weighted by atomic mass is 19.4. The summed E-state index contributed by atoms with van der Waals surface area (Å²) in [7, 11) is 0. The van der Waals surface area contributed by atoms with Gasteiger partial charge in [-0.1, -0.05) is 39.0 Å². The summed E-state index contributed by atoms with van der Waals surface area (Å²) < 4.78 is 39.9. The molecule has 3 N–H and O–H groups in total. The molecule has 0 amide bonds. The summed E-state index contributed by atoms with van der Waals surface area (Å²) in [5, 5.41) is 0. The van der Waals surface area contributed by atoms with Crippen molar-refractivity contribution in [3.8, 4) is 0 Å². The predicted molar refractivity (Wildman–Crippen MR) is 78.4 cm³/mol. The molecule has 2 aliphatic carbocycles. The molecule has 0 bridgehead atoms. The Morgan fingerprint density at radius 2 is 1.67 bits per heavy atom. The number of rotatable bonds is 4. The van der Waals surface area contributed by atoms with Crippen LogP contribution in [0.3, 0.4) is 0 Å². The molecule has 0 aromatic heterocycles. The molecule has 0 saturated heterocycles. The summed E-state index contributed by atoms with van der Waals surface area (Å²) >= 11 is 0. The lowest BCUT2D eigenvalue weighted by Gasteiger charge is -2.43. The van der Waals surface area contributed by atoms with Crippen molar-refractivity contribution in [1.29, 1.82) is 0 Å². The SMILES string of the molecule is CCC1CCC(C(NN)C2CCCCC2C(F)(F)F)CC1. The van der Waals surface area contributed by atoms with Gasteiger partial charge in [0.05, 0.1) is 5.92 Å². The van der Waals surface area contributed by atoms with E-state index in [1.54, 1.807) is 0 Å². The number of nitrogens with one attached hydrogen (secondary N) is 1. The van der Waals surface area contributed by atoms with Gasteiger partial charge in [-0.2, -0.15) is 13.2 Å². The van der Waals surface area contributed by atoms with Gasteiger partial charge in [-0.15, -0.1) is 0 Å². The van der Waals surface area contributed by atoms with Crippen LogP contribution in [0.2, 0.25) is 0 Å². The quantitative estimate of drug-likeness (QED) is 0.596. The maximum absolute atomic E-state index is 13.3. The Labute approximate surface area is 126 Å². The van der Waals surface area contributed by atoms with Crippen LogP contribution in [0.1, 0.15) is 64.7 Å². The minimum atomic E-state index is -4.08. The van der Waals surface area contributed by atoms with Crippen LogP contribution in [0.4, 0.5) is 13.2 Å². The molecular weight excluding hydrogens is 277 g/mol. The molecule has 0 spiro atoms. The van der Waals surface area contributed by atoms with Crippen LogP contribution in [-0.4, -0.2) is 12.2 Å². The van der Waals surface area contributed by atoms with E-state index in [9.17, 15) is 13.2 Å². The largest absolute Gasteiger partial charge is 0.392 e. The Morgan fingerprint density at radius 3 is 2.19 bits per heavy atom. The molecule has 2 aliphatic rings. The highest BCUT2D eigenvalue weighted by molar-refractivity contribution is 4.92. The van der Waals surface area contributed by atoms with Crippen molar-refractivity contribution < 1.29 is 13.2 Å². The smallest absolute Gasteiger partial charge is 0.271 e. The van der Waals surface area contributed by atoms with Crippen molar-refractivity contribution in [1.82, 2.24) is 5.43 Å². The Hall–Kier alpha value is -0.290. The normalized spacial score (nSPS) is 36.4. The van der Waals surface area contributed by atoms with Crippen LogP contribution in [0, 0.1) is 23.7 Å². The lowest BCUT2D eigenvalue weighted by molar-refractivity contribution is -0.201. The van der Waals surface area contributed by atoms with Crippen molar-refractivity contribution in [3.63, 3.8) is 0 Å². The summed E-state index contributed by atoms with van der Waals surface area (Å²) in [5.41, 5.74) is 2.78. The highest BCUT2D eigenvalue weighted by Crippen LogP contribution is 2.46. The summed E-state index contributed by atoms with van der Waals surface area (Å²) in [6.07, 6.45) is 3.96. The average Bonchev–Trinajstić information content (AvgIpc) is 2.48. The van der Waals surface area contributed by atoms with Gasteiger partial charge in [0.15, 0.2) is 0 Å². The molecule has 2 saturated carbocycles. The minimum Gasteiger partial charge on any atom is -0.271 e. The maximum atomic E-state index is 13.3. The van der Waals surface area contributed by atoms with Gasteiger partial charge >= 0.3 is 6.18 Å². The van der Waals surface area contributed by atoms with Gasteiger partial charge in [-0.25, -0.2) is 0 Å². The molecule has 2 nitrogen and oxygen atoms in total.